The Kier molecular flexibility index (Phi) is 7.25. The Balaban J connectivity index is 1.55. The number of carboxylic acids is 1. The molecule has 3 rings (SSSR count). The van der Waals surface area contributed by atoms with E-state index < -0.39 is 5.97 Å². The zero-order valence-electron chi connectivity index (χ0n) is 16.9. The number of carbonyl (C=O) groups excluding carboxylic acids is 1. The van der Waals surface area contributed by atoms with Gasteiger partial charge in [-0.1, -0.05) is 49.6 Å². The van der Waals surface area contributed by atoms with Crippen LogP contribution < -0.4 is 10.6 Å². The van der Waals surface area contributed by atoms with Crippen LogP contribution in [-0.2, 0) is 13.1 Å². The van der Waals surface area contributed by atoms with Gasteiger partial charge in [0.25, 0.3) is 0 Å². The summed E-state index contributed by atoms with van der Waals surface area (Å²) in [6.45, 7) is 1.13. The third-order valence-electron chi connectivity index (χ3n) is 5.54. The SMILES string of the molecule is CN(Cc1ccccc1NC(=O)NCc1ccc(C(=O)O)cc1)C1CCCCC1. The van der Waals surface area contributed by atoms with E-state index >= 15 is 0 Å². The first-order valence-corrected chi connectivity index (χ1v) is 10.2. The average molecular weight is 396 g/mol. The van der Waals surface area contributed by atoms with Gasteiger partial charge in [-0.3, -0.25) is 4.90 Å². The number of para-hydroxylation sites is 1. The normalized spacial score (nSPS) is 14.6. The molecule has 0 aromatic heterocycles. The van der Waals surface area contributed by atoms with Gasteiger partial charge in [-0.15, -0.1) is 0 Å². The lowest BCUT2D eigenvalue weighted by atomic mass is 9.94. The summed E-state index contributed by atoms with van der Waals surface area (Å²) in [6.07, 6.45) is 6.41. The third-order valence-corrected chi connectivity index (χ3v) is 5.54. The standard InChI is InChI=1S/C23H29N3O3/c1-26(20-8-3-2-4-9-20)16-19-7-5-6-10-21(19)25-23(29)24-15-17-11-13-18(14-12-17)22(27)28/h5-7,10-14,20H,2-4,8-9,15-16H2,1H3,(H,27,28)(H2,24,25,29). The van der Waals surface area contributed by atoms with Gasteiger partial charge < -0.3 is 15.7 Å². The molecule has 6 heteroatoms. The van der Waals surface area contributed by atoms with Crippen LogP contribution in [0.25, 0.3) is 0 Å². The Morgan fingerprint density at radius 2 is 1.72 bits per heavy atom. The molecule has 2 aromatic carbocycles. The van der Waals surface area contributed by atoms with Crippen molar-refractivity contribution >= 4 is 17.7 Å². The van der Waals surface area contributed by atoms with Crippen LogP contribution >= 0.6 is 0 Å². The highest BCUT2D eigenvalue weighted by atomic mass is 16.4. The van der Waals surface area contributed by atoms with Crippen LogP contribution in [0.2, 0.25) is 0 Å². The number of hydrogen-bond acceptors (Lipinski definition) is 3. The van der Waals surface area contributed by atoms with E-state index in [0.29, 0.717) is 12.6 Å². The second kappa shape index (κ2) is 10.1. The van der Waals surface area contributed by atoms with Gasteiger partial charge in [0.1, 0.15) is 0 Å². The molecule has 1 saturated carbocycles. The van der Waals surface area contributed by atoms with Crippen LogP contribution in [0, 0.1) is 0 Å². The molecule has 2 amide bonds. The highest BCUT2D eigenvalue weighted by Gasteiger charge is 2.19. The van der Waals surface area contributed by atoms with E-state index in [1.807, 2.05) is 18.2 Å². The van der Waals surface area contributed by atoms with Crippen LogP contribution in [0.3, 0.4) is 0 Å². The highest BCUT2D eigenvalue weighted by molar-refractivity contribution is 5.90. The first-order valence-electron chi connectivity index (χ1n) is 10.2. The van der Waals surface area contributed by atoms with Crippen LogP contribution in [0.15, 0.2) is 48.5 Å². The number of amides is 2. The maximum absolute atomic E-state index is 12.4. The fraction of sp³-hybridized carbons (Fsp3) is 0.391. The molecule has 6 nitrogen and oxygen atoms in total. The molecule has 0 radical (unpaired) electrons. The van der Waals surface area contributed by atoms with Crippen molar-refractivity contribution in [1.82, 2.24) is 10.2 Å². The molecule has 0 saturated heterocycles. The van der Waals surface area contributed by atoms with Crippen LogP contribution in [-0.4, -0.2) is 35.1 Å². The summed E-state index contributed by atoms with van der Waals surface area (Å²) in [5.41, 5.74) is 2.99. The van der Waals surface area contributed by atoms with E-state index in [9.17, 15) is 9.59 Å². The number of aromatic carboxylic acids is 1. The van der Waals surface area contributed by atoms with Crippen molar-refractivity contribution in [2.24, 2.45) is 0 Å². The van der Waals surface area contributed by atoms with E-state index in [-0.39, 0.29) is 11.6 Å². The van der Waals surface area contributed by atoms with Crippen molar-refractivity contribution in [2.45, 2.75) is 51.2 Å². The van der Waals surface area contributed by atoms with Gasteiger partial charge in [-0.2, -0.15) is 0 Å². The number of nitrogens with one attached hydrogen (secondary N) is 2. The summed E-state index contributed by atoms with van der Waals surface area (Å²) in [7, 11) is 2.16. The molecule has 1 aliphatic rings. The van der Waals surface area contributed by atoms with Gasteiger partial charge in [0, 0.05) is 24.8 Å². The number of rotatable bonds is 7. The Labute approximate surface area is 171 Å². The number of urea groups is 1. The molecule has 0 aliphatic heterocycles. The fourth-order valence-electron chi connectivity index (χ4n) is 3.81. The quantitative estimate of drug-likeness (QED) is 0.646. The molecule has 29 heavy (non-hydrogen) atoms. The minimum absolute atomic E-state index is 0.231. The van der Waals surface area contributed by atoms with E-state index in [0.717, 1.165) is 23.4 Å². The van der Waals surface area contributed by atoms with Gasteiger partial charge in [0.15, 0.2) is 0 Å². The Morgan fingerprint density at radius 1 is 1.03 bits per heavy atom. The molecule has 0 unspecified atom stereocenters. The lowest BCUT2D eigenvalue weighted by Gasteiger charge is -2.31. The minimum Gasteiger partial charge on any atom is -0.478 e. The molecule has 0 heterocycles. The highest BCUT2D eigenvalue weighted by Crippen LogP contribution is 2.24. The lowest BCUT2D eigenvalue weighted by Crippen LogP contribution is -2.33. The molecule has 1 fully saturated rings. The van der Waals surface area contributed by atoms with Crippen molar-refractivity contribution in [2.75, 3.05) is 12.4 Å². The maximum Gasteiger partial charge on any atom is 0.335 e. The van der Waals surface area contributed by atoms with Gasteiger partial charge in [0.2, 0.25) is 0 Å². The second-order valence-electron chi connectivity index (χ2n) is 7.67. The molecule has 154 valence electrons. The Bertz CT molecular complexity index is 830. The summed E-state index contributed by atoms with van der Waals surface area (Å²) in [5, 5.41) is 14.7. The van der Waals surface area contributed by atoms with Gasteiger partial charge in [0.05, 0.1) is 5.56 Å². The van der Waals surface area contributed by atoms with Crippen molar-refractivity contribution in [3.05, 3.63) is 65.2 Å². The largest absolute Gasteiger partial charge is 0.478 e. The summed E-state index contributed by atoms with van der Waals surface area (Å²) in [6, 6.07) is 14.7. The monoisotopic (exact) mass is 395 g/mol. The van der Waals surface area contributed by atoms with Gasteiger partial charge in [-0.25, -0.2) is 9.59 Å². The van der Waals surface area contributed by atoms with Crippen LogP contribution in [0.5, 0.6) is 0 Å². The topological polar surface area (TPSA) is 81.7 Å². The van der Waals surface area contributed by atoms with E-state index in [1.165, 1.54) is 44.2 Å². The fourth-order valence-corrected chi connectivity index (χ4v) is 3.81. The molecule has 0 atom stereocenters. The molecule has 0 spiro atoms. The molecule has 3 N–H and O–H groups in total. The van der Waals surface area contributed by atoms with Crippen LogP contribution in [0.4, 0.5) is 10.5 Å². The van der Waals surface area contributed by atoms with E-state index in [2.05, 4.69) is 28.6 Å². The van der Waals surface area contributed by atoms with Crippen molar-refractivity contribution < 1.29 is 14.7 Å². The Hall–Kier alpha value is -2.86. The summed E-state index contributed by atoms with van der Waals surface area (Å²) in [5.74, 6) is -0.961. The zero-order chi connectivity index (χ0) is 20.6. The number of carbonyl (C=O) groups is 2. The van der Waals surface area contributed by atoms with E-state index in [4.69, 9.17) is 5.11 Å². The lowest BCUT2D eigenvalue weighted by molar-refractivity contribution is 0.0697. The zero-order valence-corrected chi connectivity index (χ0v) is 16.9. The number of nitrogens with zero attached hydrogens (tertiary/aromatic N) is 1. The molecule has 0 bridgehead atoms. The second-order valence-corrected chi connectivity index (χ2v) is 7.67. The van der Waals surface area contributed by atoms with Gasteiger partial charge >= 0.3 is 12.0 Å². The summed E-state index contributed by atoms with van der Waals surface area (Å²) in [4.78, 5) is 25.7. The first kappa shape index (κ1) is 20.9. The molecular formula is C23H29N3O3. The average Bonchev–Trinajstić information content (AvgIpc) is 2.74. The maximum atomic E-state index is 12.4. The first-order chi connectivity index (χ1) is 14.0. The van der Waals surface area contributed by atoms with E-state index in [1.54, 1.807) is 12.1 Å². The predicted octanol–water partition coefficient (Wildman–Crippen LogP) is 4.47. The smallest absolute Gasteiger partial charge is 0.335 e. The third kappa shape index (κ3) is 6.06. The van der Waals surface area contributed by atoms with Crippen molar-refractivity contribution in [1.29, 1.82) is 0 Å². The predicted molar refractivity (Wildman–Crippen MR) is 114 cm³/mol. The van der Waals surface area contributed by atoms with Crippen LogP contribution in [0.1, 0.15) is 53.6 Å². The molecular weight excluding hydrogens is 366 g/mol. The summed E-state index contributed by atoms with van der Waals surface area (Å²) >= 11 is 0. The number of carboxylic acid groups (broad SMARTS) is 1. The number of hydrogen-bond donors (Lipinski definition) is 3. The minimum atomic E-state index is -0.961. The molecule has 1 aliphatic carbocycles. The molecule has 2 aromatic rings. The number of anilines is 1. The number of benzene rings is 2. The van der Waals surface area contributed by atoms with Crippen molar-refractivity contribution in [3.8, 4) is 0 Å². The Morgan fingerprint density at radius 3 is 2.41 bits per heavy atom. The van der Waals surface area contributed by atoms with Gasteiger partial charge in [-0.05, 0) is 49.2 Å². The summed E-state index contributed by atoms with van der Waals surface area (Å²) < 4.78 is 0. The van der Waals surface area contributed by atoms with Crippen molar-refractivity contribution in [3.63, 3.8) is 0 Å².